The summed E-state index contributed by atoms with van der Waals surface area (Å²) in [5.74, 6) is 0.775. The van der Waals surface area contributed by atoms with E-state index in [4.69, 9.17) is 0 Å². The predicted molar refractivity (Wildman–Crippen MR) is 84.7 cm³/mol. The van der Waals surface area contributed by atoms with Crippen molar-refractivity contribution in [2.24, 2.45) is 0 Å². The number of benzene rings is 2. The van der Waals surface area contributed by atoms with Crippen LogP contribution in [-0.2, 0) is 6.54 Å². The topological polar surface area (TPSA) is 55.6 Å². The Bertz CT molecular complexity index is 711. The van der Waals surface area contributed by atoms with Crippen molar-refractivity contribution in [2.45, 2.75) is 11.4 Å². The summed E-state index contributed by atoms with van der Waals surface area (Å²) in [5.41, 5.74) is 2.05. The van der Waals surface area contributed by atoms with Crippen LogP contribution in [0.15, 0.2) is 59.5 Å². The van der Waals surface area contributed by atoms with E-state index in [-0.39, 0.29) is 0 Å². The maximum atomic E-state index is 4.10. The van der Waals surface area contributed by atoms with Crippen LogP contribution in [0.4, 0.5) is 5.69 Å². The van der Waals surface area contributed by atoms with E-state index in [0.29, 0.717) is 6.54 Å². The molecule has 0 aliphatic rings. The van der Waals surface area contributed by atoms with E-state index in [1.807, 2.05) is 42.5 Å². The Labute approximate surface area is 127 Å². The first-order valence-corrected chi connectivity index (χ1v) is 7.80. The van der Waals surface area contributed by atoms with Crippen LogP contribution in [0.3, 0.4) is 0 Å². The summed E-state index contributed by atoms with van der Waals surface area (Å²) in [6.45, 7) is 0.569. The molecule has 1 heterocycles. The SMILES string of the molecule is CSc1ccccc1NCc1nnnn1-c1ccccc1. The molecule has 3 rings (SSSR count). The first kappa shape index (κ1) is 13.6. The third-order valence-corrected chi connectivity index (χ3v) is 3.87. The normalized spacial score (nSPS) is 10.5. The molecule has 0 radical (unpaired) electrons. The van der Waals surface area contributed by atoms with Crippen LogP contribution in [-0.4, -0.2) is 26.5 Å². The van der Waals surface area contributed by atoms with Gasteiger partial charge >= 0.3 is 0 Å². The van der Waals surface area contributed by atoms with E-state index < -0.39 is 0 Å². The van der Waals surface area contributed by atoms with Crippen LogP contribution >= 0.6 is 11.8 Å². The summed E-state index contributed by atoms with van der Waals surface area (Å²) in [7, 11) is 0. The molecule has 0 atom stereocenters. The fraction of sp³-hybridized carbons (Fsp3) is 0.133. The number of anilines is 1. The number of nitrogens with one attached hydrogen (secondary N) is 1. The van der Waals surface area contributed by atoms with Crippen molar-refractivity contribution in [1.29, 1.82) is 0 Å². The second-order valence-corrected chi connectivity index (χ2v) is 5.24. The van der Waals surface area contributed by atoms with E-state index in [1.165, 1.54) is 4.90 Å². The molecule has 21 heavy (non-hydrogen) atoms. The van der Waals surface area contributed by atoms with Crippen LogP contribution in [0.2, 0.25) is 0 Å². The number of hydrogen-bond donors (Lipinski definition) is 1. The van der Waals surface area contributed by atoms with Gasteiger partial charge in [0.1, 0.15) is 0 Å². The number of thioether (sulfide) groups is 1. The standard InChI is InChI=1S/C15H15N5S/c1-21-14-10-6-5-9-13(14)16-11-15-17-18-19-20(15)12-7-3-2-4-8-12/h2-10,16H,11H2,1H3. The maximum absolute atomic E-state index is 4.10. The molecule has 0 aliphatic heterocycles. The summed E-state index contributed by atoms with van der Waals surface area (Å²) in [5, 5.41) is 15.3. The van der Waals surface area contributed by atoms with Gasteiger partial charge in [-0.15, -0.1) is 16.9 Å². The summed E-state index contributed by atoms with van der Waals surface area (Å²) in [4.78, 5) is 1.20. The fourth-order valence-electron chi connectivity index (χ4n) is 2.05. The van der Waals surface area contributed by atoms with Gasteiger partial charge < -0.3 is 5.32 Å². The third kappa shape index (κ3) is 3.05. The molecular weight excluding hydrogens is 282 g/mol. The van der Waals surface area contributed by atoms with Gasteiger partial charge in [0.15, 0.2) is 5.82 Å². The first-order chi connectivity index (χ1) is 10.4. The van der Waals surface area contributed by atoms with Gasteiger partial charge in [0.2, 0.25) is 0 Å². The van der Waals surface area contributed by atoms with Crippen LogP contribution in [0.1, 0.15) is 5.82 Å². The first-order valence-electron chi connectivity index (χ1n) is 6.58. The van der Waals surface area contributed by atoms with Crippen LogP contribution in [0, 0.1) is 0 Å². The van der Waals surface area contributed by atoms with E-state index in [0.717, 1.165) is 17.2 Å². The van der Waals surface area contributed by atoms with Gasteiger partial charge in [0.25, 0.3) is 0 Å². The quantitative estimate of drug-likeness (QED) is 0.734. The summed E-state index contributed by atoms with van der Waals surface area (Å²) >= 11 is 1.71. The zero-order valence-corrected chi connectivity index (χ0v) is 12.4. The minimum absolute atomic E-state index is 0.569. The Balaban J connectivity index is 1.79. The van der Waals surface area contributed by atoms with Gasteiger partial charge in [0.05, 0.1) is 12.2 Å². The van der Waals surface area contributed by atoms with Crippen molar-refractivity contribution in [2.75, 3.05) is 11.6 Å². The number of aromatic nitrogens is 4. The molecule has 3 aromatic rings. The molecule has 2 aromatic carbocycles. The molecule has 1 aromatic heterocycles. The molecule has 106 valence electrons. The van der Waals surface area contributed by atoms with Gasteiger partial charge in [-0.3, -0.25) is 0 Å². The van der Waals surface area contributed by atoms with E-state index in [2.05, 4.69) is 39.2 Å². The number of rotatable bonds is 5. The van der Waals surface area contributed by atoms with Crippen LogP contribution in [0.25, 0.3) is 5.69 Å². The smallest absolute Gasteiger partial charge is 0.175 e. The Morgan fingerprint density at radius 1 is 1.05 bits per heavy atom. The number of hydrogen-bond acceptors (Lipinski definition) is 5. The molecule has 1 N–H and O–H groups in total. The van der Waals surface area contributed by atoms with Crippen LogP contribution in [0.5, 0.6) is 0 Å². The van der Waals surface area contributed by atoms with E-state index in [1.54, 1.807) is 16.4 Å². The van der Waals surface area contributed by atoms with E-state index in [9.17, 15) is 0 Å². The molecule has 0 unspecified atom stereocenters. The number of tetrazole rings is 1. The molecule has 0 aliphatic carbocycles. The number of nitrogens with zero attached hydrogens (tertiary/aromatic N) is 4. The van der Waals surface area contributed by atoms with Crippen molar-refractivity contribution in [3.05, 3.63) is 60.4 Å². The second-order valence-electron chi connectivity index (χ2n) is 4.40. The molecule has 6 heteroatoms. The summed E-state index contributed by atoms with van der Waals surface area (Å²) < 4.78 is 1.74. The van der Waals surface area contributed by atoms with Gasteiger partial charge in [-0.1, -0.05) is 30.3 Å². The summed E-state index contributed by atoms with van der Waals surface area (Å²) in [6.07, 6.45) is 2.06. The molecule has 5 nitrogen and oxygen atoms in total. The molecule has 0 saturated heterocycles. The average molecular weight is 297 g/mol. The Hall–Kier alpha value is -2.34. The third-order valence-electron chi connectivity index (χ3n) is 3.08. The predicted octanol–water partition coefficient (Wildman–Crippen LogP) is 3.00. The average Bonchev–Trinajstić information content (AvgIpc) is 3.02. The van der Waals surface area contributed by atoms with Crippen LogP contribution < -0.4 is 5.32 Å². The van der Waals surface area contributed by atoms with Crippen molar-refractivity contribution < 1.29 is 0 Å². The zero-order chi connectivity index (χ0) is 14.5. The van der Waals surface area contributed by atoms with Crippen molar-refractivity contribution in [1.82, 2.24) is 20.2 Å². The highest BCUT2D eigenvalue weighted by atomic mass is 32.2. The van der Waals surface area contributed by atoms with Gasteiger partial charge in [-0.2, -0.15) is 4.68 Å². The zero-order valence-electron chi connectivity index (χ0n) is 11.6. The lowest BCUT2D eigenvalue weighted by atomic mass is 10.3. The monoisotopic (exact) mass is 297 g/mol. The Morgan fingerprint density at radius 3 is 2.62 bits per heavy atom. The second kappa shape index (κ2) is 6.41. The minimum Gasteiger partial charge on any atom is -0.377 e. The molecule has 0 amide bonds. The lowest BCUT2D eigenvalue weighted by molar-refractivity contribution is 0.768. The van der Waals surface area contributed by atoms with Crippen molar-refractivity contribution >= 4 is 17.4 Å². The molecular formula is C15H15N5S. The Kier molecular flexibility index (Phi) is 4.16. The van der Waals surface area contributed by atoms with Gasteiger partial charge in [-0.25, -0.2) is 0 Å². The maximum Gasteiger partial charge on any atom is 0.175 e. The number of para-hydroxylation sites is 2. The van der Waals surface area contributed by atoms with Gasteiger partial charge in [0, 0.05) is 10.6 Å². The Morgan fingerprint density at radius 2 is 1.81 bits per heavy atom. The van der Waals surface area contributed by atoms with Crippen molar-refractivity contribution in [3.8, 4) is 5.69 Å². The lowest BCUT2D eigenvalue weighted by Gasteiger charge is -2.10. The molecule has 0 saturated carbocycles. The molecule has 0 bridgehead atoms. The molecule has 0 spiro atoms. The van der Waals surface area contributed by atoms with Crippen molar-refractivity contribution in [3.63, 3.8) is 0 Å². The summed E-state index contributed by atoms with van der Waals surface area (Å²) in [6, 6.07) is 18.1. The fourth-order valence-corrected chi connectivity index (χ4v) is 2.63. The highest BCUT2D eigenvalue weighted by Crippen LogP contribution is 2.24. The highest BCUT2D eigenvalue weighted by Gasteiger charge is 2.08. The van der Waals surface area contributed by atoms with Gasteiger partial charge in [-0.05, 0) is 40.9 Å². The largest absolute Gasteiger partial charge is 0.377 e. The lowest BCUT2D eigenvalue weighted by Crippen LogP contribution is -2.09. The van der Waals surface area contributed by atoms with E-state index >= 15 is 0 Å². The minimum atomic E-state index is 0.569. The molecule has 0 fully saturated rings. The highest BCUT2D eigenvalue weighted by molar-refractivity contribution is 7.98.